The molecule has 2 rings (SSSR count). The number of fused-ring (bicyclic) bond motifs is 1. The predicted octanol–water partition coefficient (Wildman–Crippen LogP) is 0.0785. The molecule has 0 amide bonds. The summed E-state index contributed by atoms with van der Waals surface area (Å²) in [4.78, 5) is 12.4. The van der Waals surface area contributed by atoms with Crippen LogP contribution in [0, 0.1) is 0 Å². The van der Waals surface area contributed by atoms with Crippen LogP contribution >= 0.6 is 0 Å². The molecule has 0 aliphatic carbocycles. The molecule has 0 aromatic carbocycles. The summed E-state index contributed by atoms with van der Waals surface area (Å²) in [7, 11) is 4.76. The first-order valence-corrected chi connectivity index (χ1v) is 5.73. The first-order valence-electron chi connectivity index (χ1n) is 5.73. The SMILES string of the molecule is COCC(Cn1c(N)nc2c(OC)ncnc21)OC. The molecule has 2 N–H and O–H groups in total. The van der Waals surface area contributed by atoms with Crippen molar-refractivity contribution in [3.8, 4) is 5.88 Å². The summed E-state index contributed by atoms with van der Waals surface area (Å²) < 4.78 is 17.3. The molecule has 2 heterocycles. The molecule has 0 spiro atoms. The van der Waals surface area contributed by atoms with E-state index in [9.17, 15) is 0 Å². The normalized spacial score (nSPS) is 12.8. The fourth-order valence-electron chi connectivity index (χ4n) is 1.85. The van der Waals surface area contributed by atoms with Crippen molar-refractivity contribution in [1.29, 1.82) is 0 Å². The molecule has 1 atom stereocenters. The number of aromatic nitrogens is 4. The van der Waals surface area contributed by atoms with Crippen molar-refractivity contribution in [2.75, 3.05) is 33.7 Å². The van der Waals surface area contributed by atoms with Crippen LogP contribution in [-0.4, -0.2) is 53.6 Å². The van der Waals surface area contributed by atoms with E-state index in [1.165, 1.54) is 13.4 Å². The van der Waals surface area contributed by atoms with Crippen LogP contribution in [0.3, 0.4) is 0 Å². The van der Waals surface area contributed by atoms with E-state index < -0.39 is 0 Å². The number of hydrogen-bond acceptors (Lipinski definition) is 7. The van der Waals surface area contributed by atoms with Crippen molar-refractivity contribution >= 4 is 17.1 Å². The Morgan fingerprint density at radius 2 is 2.11 bits per heavy atom. The van der Waals surface area contributed by atoms with Crippen LogP contribution in [-0.2, 0) is 16.0 Å². The van der Waals surface area contributed by atoms with Gasteiger partial charge < -0.3 is 19.9 Å². The van der Waals surface area contributed by atoms with Crippen LogP contribution in [0.2, 0.25) is 0 Å². The Morgan fingerprint density at radius 3 is 2.74 bits per heavy atom. The summed E-state index contributed by atoms with van der Waals surface area (Å²) in [5, 5.41) is 0. The van der Waals surface area contributed by atoms with E-state index in [0.29, 0.717) is 36.1 Å². The van der Waals surface area contributed by atoms with Gasteiger partial charge in [-0.1, -0.05) is 0 Å². The maximum absolute atomic E-state index is 5.91. The van der Waals surface area contributed by atoms with Gasteiger partial charge in [0.25, 0.3) is 0 Å². The minimum Gasteiger partial charge on any atom is -0.479 e. The molecule has 0 saturated carbocycles. The van der Waals surface area contributed by atoms with E-state index in [4.69, 9.17) is 19.9 Å². The van der Waals surface area contributed by atoms with E-state index in [1.54, 1.807) is 18.8 Å². The lowest BCUT2D eigenvalue weighted by molar-refractivity contribution is 0.0192. The number of nitrogens with zero attached hydrogens (tertiary/aromatic N) is 4. The molecule has 0 aliphatic rings. The third kappa shape index (κ3) is 2.59. The Kier molecular flexibility index (Phi) is 4.13. The molecule has 0 radical (unpaired) electrons. The van der Waals surface area contributed by atoms with Crippen molar-refractivity contribution in [3.63, 3.8) is 0 Å². The van der Waals surface area contributed by atoms with Crippen molar-refractivity contribution < 1.29 is 14.2 Å². The third-order valence-electron chi connectivity index (χ3n) is 2.79. The van der Waals surface area contributed by atoms with E-state index in [2.05, 4.69) is 15.0 Å². The molecule has 8 heteroatoms. The molecule has 1 unspecified atom stereocenters. The molecule has 0 bridgehead atoms. The summed E-state index contributed by atoms with van der Waals surface area (Å²) in [6, 6.07) is 0. The Morgan fingerprint density at radius 1 is 1.32 bits per heavy atom. The Balaban J connectivity index is 2.40. The van der Waals surface area contributed by atoms with Gasteiger partial charge in [0, 0.05) is 14.2 Å². The standard InChI is InChI=1S/C11H17N5O3/c1-17-5-7(18-2)4-16-9-8(15-11(16)12)10(19-3)14-6-13-9/h6-7H,4-5H2,1-3H3,(H2,12,15). The number of anilines is 1. The minimum absolute atomic E-state index is 0.134. The first-order chi connectivity index (χ1) is 9.21. The van der Waals surface area contributed by atoms with Gasteiger partial charge >= 0.3 is 0 Å². The highest BCUT2D eigenvalue weighted by Crippen LogP contribution is 2.23. The fraction of sp³-hybridized carbons (Fsp3) is 0.545. The number of methoxy groups -OCH3 is 3. The Bertz CT molecular complexity index is 556. The number of imidazole rings is 1. The maximum Gasteiger partial charge on any atom is 0.245 e. The summed E-state index contributed by atoms with van der Waals surface area (Å²) >= 11 is 0. The zero-order chi connectivity index (χ0) is 13.8. The van der Waals surface area contributed by atoms with Gasteiger partial charge in [0.2, 0.25) is 11.8 Å². The fourth-order valence-corrected chi connectivity index (χ4v) is 1.85. The first kappa shape index (κ1) is 13.5. The largest absolute Gasteiger partial charge is 0.479 e. The highest BCUT2D eigenvalue weighted by molar-refractivity contribution is 5.78. The number of ether oxygens (including phenoxy) is 3. The number of rotatable bonds is 6. The van der Waals surface area contributed by atoms with Crippen LogP contribution in [0.1, 0.15) is 0 Å². The van der Waals surface area contributed by atoms with Crippen LogP contribution in [0.5, 0.6) is 5.88 Å². The molecule has 2 aromatic rings. The van der Waals surface area contributed by atoms with Crippen molar-refractivity contribution in [1.82, 2.24) is 19.5 Å². The second kappa shape index (κ2) is 5.81. The predicted molar refractivity (Wildman–Crippen MR) is 69.0 cm³/mol. The van der Waals surface area contributed by atoms with E-state index >= 15 is 0 Å². The maximum atomic E-state index is 5.91. The highest BCUT2D eigenvalue weighted by atomic mass is 16.5. The smallest absolute Gasteiger partial charge is 0.245 e. The zero-order valence-electron chi connectivity index (χ0n) is 11.2. The van der Waals surface area contributed by atoms with E-state index in [1.807, 2.05) is 0 Å². The number of nitrogen functional groups attached to an aromatic ring is 1. The molecule has 19 heavy (non-hydrogen) atoms. The van der Waals surface area contributed by atoms with Gasteiger partial charge in [-0.25, -0.2) is 9.97 Å². The molecular weight excluding hydrogens is 250 g/mol. The molecule has 2 aromatic heterocycles. The van der Waals surface area contributed by atoms with Crippen molar-refractivity contribution in [2.24, 2.45) is 0 Å². The summed E-state index contributed by atoms with van der Waals surface area (Å²) in [5.41, 5.74) is 7.06. The lowest BCUT2D eigenvalue weighted by Gasteiger charge is -2.15. The summed E-state index contributed by atoms with van der Waals surface area (Å²) in [6.07, 6.45) is 1.28. The van der Waals surface area contributed by atoms with Gasteiger partial charge in [0.1, 0.15) is 6.33 Å². The molecular formula is C11H17N5O3. The Labute approximate surface area is 110 Å². The summed E-state index contributed by atoms with van der Waals surface area (Å²) in [5.74, 6) is 0.739. The second-order valence-electron chi connectivity index (χ2n) is 3.95. The van der Waals surface area contributed by atoms with Crippen LogP contribution in [0.15, 0.2) is 6.33 Å². The van der Waals surface area contributed by atoms with E-state index in [0.717, 1.165) is 0 Å². The van der Waals surface area contributed by atoms with Gasteiger partial charge in [-0.3, -0.25) is 4.57 Å². The molecule has 8 nitrogen and oxygen atoms in total. The highest BCUT2D eigenvalue weighted by Gasteiger charge is 2.17. The molecule has 0 fully saturated rings. The number of hydrogen-bond donors (Lipinski definition) is 1. The van der Waals surface area contributed by atoms with Gasteiger partial charge in [-0.05, 0) is 0 Å². The quantitative estimate of drug-likeness (QED) is 0.791. The van der Waals surface area contributed by atoms with Crippen molar-refractivity contribution in [2.45, 2.75) is 12.6 Å². The van der Waals surface area contributed by atoms with Gasteiger partial charge in [0.05, 0.1) is 26.4 Å². The lowest BCUT2D eigenvalue weighted by Crippen LogP contribution is -2.24. The van der Waals surface area contributed by atoms with Gasteiger partial charge in [-0.2, -0.15) is 4.98 Å². The van der Waals surface area contributed by atoms with Crippen molar-refractivity contribution in [3.05, 3.63) is 6.33 Å². The second-order valence-corrected chi connectivity index (χ2v) is 3.95. The lowest BCUT2D eigenvalue weighted by atomic mass is 10.3. The van der Waals surface area contributed by atoms with Crippen LogP contribution in [0.25, 0.3) is 11.2 Å². The zero-order valence-corrected chi connectivity index (χ0v) is 11.2. The van der Waals surface area contributed by atoms with E-state index in [-0.39, 0.29) is 6.10 Å². The third-order valence-corrected chi connectivity index (χ3v) is 2.79. The Hall–Kier alpha value is -1.93. The minimum atomic E-state index is -0.134. The monoisotopic (exact) mass is 267 g/mol. The number of nitrogens with two attached hydrogens (primary N) is 1. The van der Waals surface area contributed by atoms with Gasteiger partial charge in [-0.15, -0.1) is 0 Å². The molecule has 104 valence electrons. The van der Waals surface area contributed by atoms with Gasteiger partial charge in [0.15, 0.2) is 11.2 Å². The molecule has 0 aliphatic heterocycles. The molecule has 0 saturated heterocycles. The van der Waals surface area contributed by atoms with Crippen LogP contribution in [0.4, 0.5) is 5.95 Å². The average molecular weight is 267 g/mol. The summed E-state index contributed by atoms with van der Waals surface area (Å²) in [6.45, 7) is 0.949. The topological polar surface area (TPSA) is 97.3 Å². The van der Waals surface area contributed by atoms with Crippen LogP contribution < -0.4 is 10.5 Å². The average Bonchev–Trinajstić information content (AvgIpc) is 2.74.